The van der Waals surface area contributed by atoms with Gasteiger partial charge in [-0.05, 0) is 28.9 Å². The van der Waals surface area contributed by atoms with E-state index in [0.29, 0.717) is 16.0 Å². The van der Waals surface area contributed by atoms with Crippen LogP contribution in [0.15, 0.2) is 4.60 Å². The highest BCUT2D eigenvalue weighted by atomic mass is 79.9. The Morgan fingerprint density at radius 2 is 2.21 bits per heavy atom. The Kier molecular flexibility index (Phi) is 7.30. The molecule has 10 heteroatoms. The number of amides is 1. The van der Waals surface area contributed by atoms with E-state index in [-0.39, 0.29) is 18.4 Å². The maximum Gasteiger partial charge on any atom is 0.255 e. The maximum atomic E-state index is 11.8. The van der Waals surface area contributed by atoms with Crippen molar-refractivity contribution in [2.45, 2.75) is 12.5 Å². The molecule has 136 valence electrons. The number of nitrogens with two attached hydrogens (primary N) is 1. The Hall–Kier alpha value is -0.870. The second-order valence-electron chi connectivity index (χ2n) is 5.85. The lowest BCUT2D eigenvalue weighted by molar-refractivity contribution is 0.0398. The number of halogens is 2. The van der Waals surface area contributed by atoms with Crippen LogP contribution in [0.3, 0.4) is 0 Å². The molecule has 0 saturated carbocycles. The molecule has 2 aliphatic heterocycles. The Labute approximate surface area is 156 Å². The summed E-state index contributed by atoms with van der Waals surface area (Å²) in [5.74, 6) is 0.245. The first-order valence-corrected chi connectivity index (χ1v) is 8.78. The topological polar surface area (TPSA) is 97.4 Å². The van der Waals surface area contributed by atoms with Gasteiger partial charge in [0.15, 0.2) is 0 Å². The molecule has 1 atom stereocenters. The summed E-state index contributed by atoms with van der Waals surface area (Å²) in [5.41, 5.74) is 5.97. The molecule has 0 aromatic carbocycles. The summed E-state index contributed by atoms with van der Waals surface area (Å²) in [7, 11) is 0. The number of morpholine rings is 1. The first-order chi connectivity index (χ1) is 11.2. The fourth-order valence-electron chi connectivity index (χ4n) is 3.06. The average molecular weight is 424 g/mol. The molecule has 3 rings (SSSR count). The van der Waals surface area contributed by atoms with E-state index >= 15 is 0 Å². The van der Waals surface area contributed by atoms with Crippen LogP contribution in [0.2, 0.25) is 0 Å². The molecule has 4 N–H and O–H groups in total. The van der Waals surface area contributed by atoms with Gasteiger partial charge in [-0.15, -0.1) is 12.4 Å². The van der Waals surface area contributed by atoms with Crippen LogP contribution in [-0.4, -0.2) is 73.1 Å². The molecule has 1 aromatic heterocycles. The Morgan fingerprint density at radius 1 is 1.46 bits per heavy atom. The lowest BCUT2D eigenvalue weighted by Crippen LogP contribution is -2.39. The summed E-state index contributed by atoms with van der Waals surface area (Å²) in [6, 6.07) is 0.241. The van der Waals surface area contributed by atoms with Crippen LogP contribution in [-0.2, 0) is 4.74 Å². The van der Waals surface area contributed by atoms with Crippen molar-refractivity contribution in [3.05, 3.63) is 10.2 Å². The molecule has 2 aliphatic rings. The van der Waals surface area contributed by atoms with E-state index in [0.717, 1.165) is 58.9 Å². The minimum Gasteiger partial charge on any atom is -0.379 e. The Bertz CT molecular complexity index is 558. The van der Waals surface area contributed by atoms with Gasteiger partial charge in [0.1, 0.15) is 16.0 Å². The number of nitrogens with zero attached hydrogens (tertiary/aromatic N) is 3. The molecule has 8 nitrogen and oxygen atoms in total. The zero-order valence-corrected chi connectivity index (χ0v) is 15.9. The molecule has 2 fully saturated rings. The van der Waals surface area contributed by atoms with Crippen LogP contribution in [0.5, 0.6) is 0 Å². The predicted molar refractivity (Wildman–Crippen MR) is 98.0 cm³/mol. The summed E-state index contributed by atoms with van der Waals surface area (Å²) in [5, 5.41) is 11.2. The third-order valence-electron chi connectivity index (χ3n) is 4.32. The number of anilines is 1. The molecule has 24 heavy (non-hydrogen) atoms. The summed E-state index contributed by atoms with van der Waals surface area (Å²) in [4.78, 5) is 14.1. The SMILES string of the molecule is Cl.NC(=O)c1c(Br)nn([C@H]2CCNC2)c1NCCN1CCOCC1. The van der Waals surface area contributed by atoms with Crippen LogP contribution in [0.25, 0.3) is 0 Å². The summed E-state index contributed by atoms with van der Waals surface area (Å²) >= 11 is 3.36. The number of aromatic nitrogens is 2. The third kappa shape index (κ3) is 4.40. The summed E-state index contributed by atoms with van der Waals surface area (Å²) < 4.78 is 7.75. The fraction of sp³-hybridized carbons (Fsp3) is 0.714. The third-order valence-corrected chi connectivity index (χ3v) is 4.87. The number of carbonyl (C=O) groups is 1. The minimum absolute atomic E-state index is 0. The lowest BCUT2D eigenvalue weighted by Gasteiger charge is -2.27. The number of primary amides is 1. The first-order valence-electron chi connectivity index (χ1n) is 7.99. The number of hydrogen-bond acceptors (Lipinski definition) is 6. The Balaban J connectivity index is 0.00000208. The van der Waals surface area contributed by atoms with Crippen LogP contribution >= 0.6 is 28.3 Å². The second-order valence-corrected chi connectivity index (χ2v) is 6.60. The van der Waals surface area contributed by atoms with Gasteiger partial charge in [0.2, 0.25) is 0 Å². The van der Waals surface area contributed by atoms with Crippen LogP contribution in [0.1, 0.15) is 22.8 Å². The molecule has 2 saturated heterocycles. The smallest absolute Gasteiger partial charge is 0.255 e. The molecular weight excluding hydrogens is 400 g/mol. The van der Waals surface area contributed by atoms with Gasteiger partial charge in [0.25, 0.3) is 5.91 Å². The second kappa shape index (κ2) is 9.00. The molecule has 0 spiro atoms. The monoisotopic (exact) mass is 422 g/mol. The minimum atomic E-state index is -0.469. The first kappa shape index (κ1) is 19.5. The van der Waals surface area contributed by atoms with Gasteiger partial charge in [0.05, 0.1) is 19.3 Å². The van der Waals surface area contributed by atoms with Crippen molar-refractivity contribution in [3.63, 3.8) is 0 Å². The highest BCUT2D eigenvalue weighted by Gasteiger charge is 2.26. The molecule has 3 heterocycles. The van der Waals surface area contributed by atoms with Crippen molar-refractivity contribution >= 4 is 40.1 Å². The quantitative estimate of drug-likeness (QED) is 0.614. The number of carbonyl (C=O) groups excluding carboxylic acids is 1. The van der Waals surface area contributed by atoms with Crippen molar-refractivity contribution in [2.75, 3.05) is 57.8 Å². The van der Waals surface area contributed by atoms with Crippen molar-refractivity contribution < 1.29 is 9.53 Å². The van der Waals surface area contributed by atoms with Crippen LogP contribution in [0, 0.1) is 0 Å². The van der Waals surface area contributed by atoms with E-state index in [1.54, 1.807) is 0 Å². The number of hydrogen-bond donors (Lipinski definition) is 3. The standard InChI is InChI=1S/C14H23BrN6O2.ClH/c15-12-11(13(16)22)14(21(19-12)10-1-2-17-9-10)18-3-4-20-5-7-23-8-6-20;/h10,17-18H,1-9H2,(H2,16,22);1H/t10-;/m0./s1. The predicted octanol–water partition coefficient (Wildman–Crippen LogP) is 0.445. The van der Waals surface area contributed by atoms with Gasteiger partial charge in [-0.1, -0.05) is 0 Å². The molecule has 1 amide bonds. The van der Waals surface area contributed by atoms with Crippen molar-refractivity contribution in [3.8, 4) is 0 Å². The van der Waals surface area contributed by atoms with E-state index in [9.17, 15) is 4.79 Å². The van der Waals surface area contributed by atoms with Crippen molar-refractivity contribution in [1.82, 2.24) is 20.0 Å². The van der Waals surface area contributed by atoms with Gasteiger partial charge in [-0.3, -0.25) is 9.69 Å². The van der Waals surface area contributed by atoms with Gasteiger partial charge in [0, 0.05) is 32.7 Å². The van der Waals surface area contributed by atoms with Gasteiger partial charge >= 0.3 is 0 Å². The average Bonchev–Trinajstić information content (AvgIpc) is 3.16. The highest BCUT2D eigenvalue weighted by Crippen LogP contribution is 2.29. The molecule has 0 radical (unpaired) electrons. The summed E-state index contributed by atoms with van der Waals surface area (Å²) in [6.45, 7) is 6.89. The van der Waals surface area contributed by atoms with Gasteiger partial charge < -0.3 is 21.1 Å². The normalized spacial score (nSPS) is 21.5. The molecule has 0 aliphatic carbocycles. The van der Waals surface area contributed by atoms with Gasteiger partial charge in [-0.2, -0.15) is 5.10 Å². The summed E-state index contributed by atoms with van der Waals surface area (Å²) in [6.07, 6.45) is 0.991. The van der Waals surface area contributed by atoms with Crippen LogP contribution < -0.4 is 16.4 Å². The number of nitrogens with one attached hydrogen (secondary N) is 2. The maximum absolute atomic E-state index is 11.8. The number of rotatable bonds is 6. The molecule has 1 aromatic rings. The lowest BCUT2D eigenvalue weighted by atomic mass is 10.2. The van der Waals surface area contributed by atoms with Crippen molar-refractivity contribution in [2.24, 2.45) is 5.73 Å². The molecular formula is C14H24BrClN6O2. The van der Waals surface area contributed by atoms with Crippen LogP contribution in [0.4, 0.5) is 5.82 Å². The van der Waals surface area contributed by atoms with E-state index in [1.807, 2.05) is 4.68 Å². The van der Waals surface area contributed by atoms with E-state index in [2.05, 4.69) is 36.6 Å². The van der Waals surface area contributed by atoms with E-state index in [4.69, 9.17) is 10.5 Å². The largest absolute Gasteiger partial charge is 0.379 e. The highest BCUT2D eigenvalue weighted by molar-refractivity contribution is 9.10. The van der Waals surface area contributed by atoms with Crippen molar-refractivity contribution in [1.29, 1.82) is 0 Å². The molecule has 0 bridgehead atoms. The zero-order valence-electron chi connectivity index (χ0n) is 13.5. The van der Waals surface area contributed by atoms with E-state index in [1.165, 1.54) is 0 Å². The number of ether oxygens (including phenoxy) is 1. The molecule has 0 unspecified atom stereocenters. The van der Waals surface area contributed by atoms with Gasteiger partial charge in [-0.25, -0.2) is 4.68 Å². The fourth-order valence-corrected chi connectivity index (χ4v) is 3.62. The Morgan fingerprint density at radius 3 is 2.83 bits per heavy atom. The zero-order chi connectivity index (χ0) is 16.2. The van der Waals surface area contributed by atoms with E-state index < -0.39 is 5.91 Å².